The van der Waals surface area contributed by atoms with Crippen LogP contribution in [0.1, 0.15) is 6.42 Å². The minimum Gasteiger partial charge on any atom is -0.326 e. The molecule has 1 amide bonds. The van der Waals surface area contributed by atoms with Crippen LogP contribution in [0.5, 0.6) is 0 Å². The van der Waals surface area contributed by atoms with Gasteiger partial charge in [-0.1, -0.05) is 18.2 Å². The summed E-state index contributed by atoms with van der Waals surface area (Å²) in [5.74, 6) is 0.0821. The molecule has 1 saturated heterocycles. The molecule has 17 heavy (non-hydrogen) atoms. The zero-order valence-corrected chi connectivity index (χ0v) is 9.93. The van der Waals surface area contributed by atoms with Gasteiger partial charge in [0.15, 0.2) is 0 Å². The molecule has 1 heterocycles. The molecule has 0 saturated carbocycles. The van der Waals surface area contributed by atoms with E-state index in [4.69, 9.17) is 0 Å². The summed E-state index contributed by atoms with van der Waals surface area (Å²) in [6.07, 6.45) is 0.550. The quantitative estimate of drug-likeness (QED) is 0.839. The van der Waals surface area contributed by atoms with Crippen molar-refractivity contribution < 1.29 is 4.79 Å². The number of piperazine rings is 1. The van der Waals surface area contributed by atoms with Crippen LogP contribution in [0.4, 0.5) is 5.69 Å². The molecule has 0 bridgehead atoms. The molecular weight excluding hydrogens is 214 g/mol. The fraction of sp³-hybridized carbons (Fsp3) is 0.462. The van der Waals surface area contributed by atoms with Gasteiger partial charge in [-0.15, -0.1) is 0 Å². The average Bonchev–Trinajstić information content (AvgIpc) is 2.39. The third-order valence-corrected chi connectivity index (χ3v) is 2.86. The van der Waals surface area contributed by atoms with E-state index >= 15 is 0 Å². The van der Waals surface area contributed by atoms with Crippen molar-refractivity contribution in [2.75, 3.05) is 38.0 Å². The molecule has 0 atom stereocenters. The average molecular weight is 232 g/mol. The first kappa shape index (κ1) is 12.1. The smallest absolute Gasteiger partial charge is 0.225 e. The number of nitrogens with one attached hydrogen (secondary N) is 1. The lowest BCUT2D eigenvalue weighted by Crippen LogP contribution is -2.41. The minimum absolute atomic E-state index is 0.0821. The summed E-state index contributed by atoms with van der Waals surface area (Å²) in [4.78, 5) is 14.0. The lowest BCUT2D eigenvalue weighted by Gasteiger charge is -2.25. The summed E-state index contributed by atoms with van der Waals surface area (Å²) in [6, 6.07) is 9.58. The Morgan fingerprint density at radius 2 is 1.94 bits per heavy atom. The van der Waals surface area contributed by atoms with Crippen molar-refractivity contribution in [2.24, 2.45) is 0 Å². The van der Waals surface area contributed by atoms with E-state index in [9.17, 15) is 4.79 Å². The van der Waals surface area contributed by atoms with E-state index in [0.717, 1.165) is 38.4 Å². The first-order valence-corrected chi connectivity index (χ1v) is 6.05. The molecule has 91 valence electrons. The fourth-order valence-electron chi connectivity index (χ4n) is 1.88. The normalized spacial score (nSPS) is 16.7. The maximum Gasteiger partial charge on any atom is 0.225 e. The topological polar surface area (TPSA) is 46.4 Å². The number of para-hydroxylation sites is 1. The molecule has 1 aromatic carbocycles. The van der Waals surface area contributed by atoms with E-state index in [2.05, 4.69) is 15.5 Å². The highest BCUT2D eigenvalue weighted by Gasteiger charge is 2.11. The van der Waals surface area contributed by atoms with Gasteiger partial charge in [0.1, 0.15) is 0 Å². The summed E-state index contributed by atoms with van der Waals surface area (Å²) in [7, 11) is 0. The van der Waals surface area contributed by atoms with Gasteiger partial charge in [-0.3, -0.25) is 4.79 Å². The number of hydrogen-bond acceptors (Lipinski definition) is 2. The van der Waals surface area contributed by atoms with Crippen LogP contribution in [-0.2, 0) is 4.79 Å². The van der Waals surface area contributed by atoms with E-state index < -0.39 is 0 Å². The number of carbonyl (C=O) groups excluding carboxylic acids is 1. The SMILES string of the molecule is O=C(CCN1CC[N]CC1)Nc1ccccc1. The molecule has 1 aromatic rings. The monoisotopic (exact) mass is 232 g/mol. The van der Waals surface area contributed by atoms with Crippen molar-refractivity contribution in [1.29, 1.82) is 0 Å². The van der Waals surface area contributed by atoms with E-state index in [0.29, 0.717) is 6.42 Å². The second kappa shape index (κ2) is 6.37. The van der Waals surface area contributed by atoms with Crippen LogP contribution in [0.3, 0.4) is 0 Å². The summed E-state index contributed by atoms with van der Waals surface area (Å²) in [5, 5.41) is 7.17. The molecule has 4 heteroatoms. The molecule has 1 aliphatic rings. The molecule has 0 unspecified atom stereocenters. The lowest BCUT2D eigenvalue weighted by atomic mass is 10.3. The molecule has 1 fully saturated rings. The van der Waals surface area contributed by atoms with Gasteiger partial charge in [-0.25, -0.2) is 5.32 Å². The van der Waals surface area contributed by atoms with Gasteiger partial charge in [0, 0.05) is 44.8 Å². The molecule has 4 nitrogen and oxygen atoms in total. The second-order valence-electron chi connectivity index (χ2n) is 4.18. The van der Waals surface area contributed by atoms with E-state index in [1.54, 1.807) is 0 Å². The predicted octanol–water partition coefficient (Wildman–Crippen LogP) is 0.935. The fourth-order valence-corrected chi connectivity index (χ4v) is 1.88. The highest BCUT2D eigenvalue weighted by molar-refractivity contribution is 5.90. The van der Waals surface area contributed by atoms with Gasteiger partial charge < -0.3 is 10.2 Å². The van der Waals surface area contributed by atoms with Crippen LogP contribution in [0.2, 0.25) is 0 Å². The van der Waals surface area contributed by atoms with Crippen LogP contribution in [0, 0.1) is 0 Å². The summed E-state index contributed by atoms with van der Waals surface area (Å²) in [6.45, 7) is 4.60. The lowest BCUT2D eigenvalue weighted by molar-refractivity contribution is -0.116. The highest BCUT2D eigenvalue weighted by atomic mass is 16.1. The van der Waals surface area contributed by atoms with Crippen LogP contribution >= 0.6 is 0 Å². The van der Waals surface area contributed by atoms with Crippen LogP contribution in [0.25, 0.3) is 0 Å². The number of benzene rings is 1. The van der Waals surface area contributed by atoms with Crippen LogP contribution in [-0.4, -0.2) is 43.5 Å². The van der Waals surface area contributed by atoms with Gasteiger partial charge >= 0.3 is 0 Å². The Bertz CT molecular complexity index is 347. The highest BCUT2D eigenvalue weighted by Crippen LogP contribution is 2.05. The summed E-state index contributed by atoms with van der Waals surface area (Å²) in [5.41, 5.74) is 0.867. The first-order valence-electron chi connectivity index (χ1n) is 6.05. The largest absolute Gasteiger partial charge is 0.326 e. The molecule has 0 aliphatic carbocycles. The maximum atomic E-state index is 11.7. The number of hydrogen-bond donors (Lipinski definition) is 1. The van der Waals surface area contributed by atoms with Crippen molar-refractivity contribution in [3.63, 3.8) is 0 Å². The van der Waals surface area contributed by atoms with E-state index in [1.165, 1.54) is 0 Å². The molecule has 1 N–H and O–H groups in total. The number of anilines is 1. The third-order valence-electron chi connectivity index (χ3n) is 2.86. The van der Waals surface area contributed by atoms with E-state index in [1.807, 2.05) is 30.3 Å². The van der Waals surface area contributed by atoms with Gasteiger partial charge in [-0.05, 0) is 12.1 Å². The van der Waals surface area contributed by atoms with Crippen LogP contribution < -0.4 is 10.6 Å². The molecule has 2 rings (SSSR count). The van der Waals surface area contributed by atoms with Crippen molar-refractivity contribution in [3.8, 4) is 0 Å². The van der Waals surface area contributed by atoms with Crippen molar-refractivity contribution in [3.05, 3.63) is 30.3 Å². The van der Waals surface area contributed by atoms with Gasteiger partial charge in [-0.2, -0.15) is 0 Å². The standard InChI is InChI=1S/C13H18N3O/c17-13(15-12-4-2-1-3-5-12)6-9-16-10-7-14-8-11-16/h1-5H,6-11H2,(H,15,17). The molecule has 1 radical (unpaired) electrons. The summed E-state index contributed by atoms with van der Waals surface area (Å²) < 4.78 is 0. The molecular formula is C13H18N3O. The van der Waals surface area contributed by atoms with Crippen molar-refractivity contribution >= 4 is 11.6 Å². The minimum atomic E-state index is 0.0821. The Kier molecular flexibility index (Phi) is 4.53. The zero-order chi connectivity index (χ0) is 11.9. The Morgan fingerprint density at radius 1 is 1.24 bits per heavy atom. The number of rotatable bonds is 4. The van der Waals surface area contributed by atoms with Crippen LogP contribution in [0.15, 0.2) is 30.3 Å². The Hall–Kier alpha value is -1.39. The summed E-state index contributed by atoms with van der Waals surface area (Å²) >= 11 is 0. The van der Waals surface area contributed by atoms with Gasteiger partial charge in [0.2, 0.25) is 5.91 Å². The molecule has 0 spiro atoms. The Morgan fingerprint density at radius 3 is 2.65 bits per heavy atom. The molecule has 0 aromatic heterocycles. The Labute approximate surface area is 102 Å². The number of amides is 1. The third kappa shape index (κ3) is 4.17. The first-order chi connectivity index (χ1) is 8.34. The van der Waals surface area contributed by atoms with Crippen molar-refractivity contribution in [2.45, 2.75) is 6.42 Å². The van der Waals surface area contributed by atoms with E-state index in [-0.39, 0.29) is 5.91 Å². The molecule has 1 aliphatic heterocycles. The maximum absolute atomic E-state index is 11.7. The number of carbonyl (C=O) groups is 1. The number of nitrogens with zero attached hydrogens (tertiary/aromatic N) is 2. The van der Waals surface area contributed by atoms with Gasteiger partial charge in [0.05, 0.1) is 0 Å². The Balaban J connectivity index is 1.70. The van der Waals surface area contributed by atoms with Crippen molar-refractivity contribution in [1.82, 2.24) is 10.2 Å². The van der Waals surface area contributed by atoms with Gasteiger partial charge in [0.25, 0.3) is 0 Å². The zero-order valence-electron chi connectivity index (χ0n) is 9.93. The predicted molar refractivity (Wildman–Crippen MR) is 68.0 cm³/mol. The second-order valence-corrected chi connectivity index (χ2v) is 4.18.